The molecule has 0 saturated carbocycles. The molecule has 3 aromatic carbocycles. The number of carbonyl (C=O) groups excluding carboxylic acids is 1. The fourth-order valence-electron chi connectivity index (χ4n) is 3.76. The van der Waals surface area contributed by atoms with Crippen molar-refractivity contribution >= 4 is 28.1 Å². The predicted molar refractivity (Wildman–Crippen MR) is 116 cm³/mol. The van der Waals surface area contributed by atoms with Crippen LogP contribution in [0.15, 0.2) is 65.8 Å². The highest BCUT2D eigenvalue weighted by Gasteiger charge is 2.10. The van der Waals surface area contributed by atoms with E-state index >= 15 is 0 Å². The maximum absolute atomic E-state index is 12.2. The minimum absolute atomic E-state index is 0.162. The van der Waals surface area contributed by atoms with Gasteiger partial charge in [0.15, 0.2) is 0 Å². The molecule has 1 aliphatic rings. The number of anilines is 1. The largest absolute Gasteiger partial charge is 0.376 e. The molecule has 4 heteroatoms. The first-order chi connectivity index (χ1) is 13.7. The number of hydrazone groups is 1. The molecule has 0 aliphatic heterocycles. The van der Waals surface area contributed by atoms with Gasteiger partial charge in [0.25, 0.3) is 5.91 Å². The van der Waals surface area contributed by atoms with E-state index in [0.29, 0.717) is 0 Å². The maximum Gasteiger partial charge on any atom is 0.259 e. The average molecular weight is 371 g/mol. The molecule has 0 spiro atoms. The molecule has 1 aliphatic carbocycles. The van der Waals surface area contributed by atoms with Crippen molar-refractivity contribution in [2.24, 2.45) is 5.10 Å². The van der Waals surface area contributed by atoms with Crippen molar-refractivity contribution in [2.45, 2.75) is 32.6 Å². The van der Waals surface area contributed by atoms with E-state index in [-0.39, 0.29) is 12.5 Å². The molecule has 0 heterocycles. The predicted octanol–water partition coefficient (Wildman–Crippen LogP) is 4.67. The fourth-order valence-corrected chi connectivity index (χ4v) is 3.76. The monoisotopic (exact) mass is 371 g/mol. The second-order valence-corrected chi connectivity index (χ2v) is 7.30. The number of nitrogens with one attached hydrogen (secondary N) is 2. The van der Waals surface area contributed by atoms with Gasteiger partial charge in [-0.05, 0) is 66.8 Å². The minimum atomic E-state index is -0.162. The summed E-state index contributed by atoms with van der Waals surface area (Å²) in [6.07, 6.45) is 4.84. The van der Waals surface area contributed by atoms with Crippen molar-refractivity contribution in [3.8, 4) is 0 Å². The molecule has 0 radical (unpaired) electrons. The molecule has 0 saturated heterocycles. The van der Waals surface area contributed by atoms with Gasteiger partial charge in [-0.15, -0.1) is 0 Å². The van der Waals surface area contributed by atoms with Gasteiger partial charge in [0, 0.05) is 11.1 Å². The third-order valence-electron chi connectivity index (χ3n) is 5.34. The Hall–Kier alpha value is -3.14. The number of carbonyl (C=O) groups is 1. The van der Waals surface area contributed by atoms with Gasteiger partial charge in [-0.25, -0.2) is 5.43 Å². The Balaban J connectivity index is 1.38. The lowest BCUT2D eigenvalue weighted by Crippen LogP contribution is -2.26. The average Bonchev–Trinajstić information content (AvgIpc) is 2.75. The molecular weight excluding hydrogens is 346 g/mol. The lowest BCUT2D eigenvalue weighted by molar-refractivity contribution is -0.119. The van der Waals surface area contributed by atoms with Gasteiger partial charge in [0.05, 0.1) is 12.3 Å². The smallest absolute Gasteiger partial charge is 0.259 e. The van der Waals surface area contributed by atoms with Gasteiger partial charge in [-0.1, -0.05) is 48.5 Å². The van der Waals surface area contributed by atoms with Crippen molar-refractivity contribution in [1.82, 2.24) is 5.43 Å². The second-order valence-electron chi connectivity index (χ2n) is 7.30. The number of hydrogen-bond acceptors (Lipinski definition) is 3. The summed E-state index contributed by atoms with van der Waals surface area (Å²) in [5.74, 6) is -0.162. The van der Waals surface area contributed by atoms with Crippen LogP contribution in [0.25, 0.3) is 10.8 Å². The van der Waals surface area contributed by atoms with E-state index in [1.165, 1.54) is 30.4 Å². The molecule has 0 aromatic heterocycles. The van der Waals surface area contributed by atoms with Crippen molar-refractivity contribution < 1.29 is 4.79 Å². The number of rotatable bonds is 5. The first-order valence-electron chi connectivity index (χ1n) is 9.87. The van der Waals surface area contributed by atoms with Crippen LogP contribution in [0, 0.1) is 0 Å². The van der Waals surface area contributed by atoms with Gasteiger partial charge in [-0.2, -0.15) is 5.10 Å². The summed E-state index contributed by atoms with van der Waals surface area (Å²) in [5.41, 5.74) is 8.38. The van der Waals surface area contributed by atoms with E-state index in [1.807, 2.05) is 37.3 Å². The number of amides is 1. The molecule has 0 unspecified atom stereocenters. The summed E-state index contributed by atoms with van der Waals surface area (Å²) < 4.78 is 0. The summed E-state index contributed by atoms with van der Waals surface area (Å²) in [6.45, 7) is 2.11. The molecule has 4 nitrogen and oxygen atoms in total. The summed E-state index contributed by atoms with van der Waals surface area (Å²) >= 11 is 0. The summed E-state index contributed by atoms with van der Waals surface area (Å²) in [4.78, 5) is 12.2. The van der Waals surface area contributed by atoms with Gasteiger partial charge < -0.3 is 5.32 Å². The molecular formula is C24H25N3O. The van der Waals surface area contributed by atoms with Gasteiger partial charge in [-0.3, -0.25) is 4.79 Å². The van der Waals surface area contributed by atoms with E-state index in [2.05, 4.69) is 46.2 Å². The van der Waals surface area contributed by atoms with E-state index in [4.69, 9.17) is 0 Å². The normalized spacial score (nSPS) is 13.8. The summed E-state index contributed by atoms with van der Waals surface area (Å²) in [5, 5.41) is 9.76. The number of benzene rings is 3. The Bertz CT molecular complexity index is 1030. The van der Waals surface area contributed by atoms with Crippen molar-refractivity contribution in [1.29, 1.82) is 0 Å². The lowest BCUT2D eigenvalue weighted by Gasteiger charge is -2.16. The molecule has 2 N–H and O–H groups in total. The third-order valence-corrected chi connectivity index (χ3v) is 5.34. The fraction of sp³-hybridized carbons (Fsp3) is 0.250. The highest BCUT2D eigenvalue weighted by atomic mass is 16.2. The number of fused-ring (bicyclic) bond motifs is 2. The number of nitrogens with zero attached hydrogens (tertiary/aromatic N) is 1. The van der Waals surface area contributed by atoms with Gasteiger partial charge in [0.2, 0.25) is 0 Å². The molecule has 0 atom stereocenters. The van der Waals surface area contributed by atoms with Crippen LogP contribution >= 0.6 is 0 Å². The zero-order chi connectivity index (χ0) is 19.3. The van der Waals surface area contributed by atoms with Crippen LogP contribution in [0.2, 0.25) is 0 Å². The Morgan fingerprint density at radius 2 is 1.75 bits per heavy atom. The quantitative estimate of drug-likeness (QED) is 0.506. The van der Waals surface area contributed by atoms with Crippen LogP contribution < -0.4 is 10.7 Å². The van der Waals surface area contributed by atoms with Crippen molar-refractivity contribution in [3.63, 3.8) is 0 Å². The molecule has 4 rings (SSSR count). The molecule has 0 fully saturated rings. The van der Waals surface area contributed by atoms with E-state index < -0.39 is 0 Å². The molecule has 3 aromatic rings. The van der Waals surface area contributed by atoms with Crippen LogP contribution in [-0.4, -0.2) is 18.2 Å². The van der Waals surface area contributed by atoms with E-state index in [0.717, 1.165) is 34.2 Å². The summed E-state index contributed by atoms with van der Waals surface area (Å²) in [6, 6.07) is 20.7. The standard InChI is InChI=1S/C24H25N3O/c1-17(20-14-13-18-7-2-3-9-21(18)15-20)26-27-24(28)16-25-23-12-6-10-19-8-4-5-11-22(19)23/h4-6,8,10-15,25H,2-3,7,9,16H2,1H3,(H,27,28)/b26-17+. The molecule has 0 bridgehead atoms. The minimum Gasteiger partial charge on any atom is -0.376 e. The Labute approximate surface area is 165 Å². The second kappa shape index (κ2) is 8.26. The highest BCUT2D eigenvalue weighted by molar-refractivity contribution is 6.00. The van der Waals surface area contributed by atoms with Crippen LogP contribution in [0.4, 0.5) is 5.69 Å². The first kappa shape index (κ1) is 18.2. The van der Waals surface area contributed by atoms with Crippen molar-refractivity contribution in [3.05, 3.63) is 77.4 Å². The molecule has 28 heavy (non-hydrogen) atoms. The SMILES string of the molecule is C/C(=N\NC(=O)CNc1cccc2ccccc12)c1ccc2c(c1)CCCC2. The van der Waals surface area contributed by atoms with Crippen LogP contribution in [0.5, 0.6) is 0 Å². The third kappa shape index (κ3) is 4.06. The van der Waals surface area contributed by atoms with E-state index in [9.17, 15) is 4.79 Å². The number of aryl methyl sites for hydroxylation is 2. The van der Waals surface area contributed by atoms with Crippen LogP contribution in [-0.2, 0) is 17.6 Å². The molecule has 1 amide bonds. The van der Waals surface area contributed by atoms with Crippen LogP contribution in [0.1, 0.15) is 36.5 Å². The maximum atomic E-state index is 12.2. The Kier molecular flexibility index (Phi) is 5.38. The topological polar surface area (TPSA) is 53.5 Å². The van der Waals surface area contributed by atoms with Crippen molar-refractivity contribution in [2.75, 3.05) is 11.9 Å². The zero-order valence-electron chi connectivity index (χ0n) is 16.2. The highest BCUT2D eigenvalue weighted by Crippen LogP contribution is 2.23. The lowest BCUT2D eigenvalue weighted by atomic mass is 9.90. The number of hydrogen-bond donors (Lipinski definition) is 2. The molecule has 142 valence electrons. The zero-order valence-corrected chi connectivity index (χ0v) is 16.2. The first-order valence-corrected chi connectivity index (χ1v) is 9.87. The Morgan fingerprint density at radius 1 is 0.964 bits per heavy atom. The van der Waals surface area contributed by atoms with Gasteiger partial charge in [0.1, 0.15) is 0 Å². The Morgan fingerprint density at radius 3 is 2.64 bits per heavy atom. The van der Waals surface area contributed by atoms with Gasteiger partial charge >= 0.3 is 0 Å². The van der Waals surface area contributed by atoms with E-state index in [1.54, 1.807) is 0 Å². The van der Waals surface area contributed by atoms with Crippen LogP contribution in [0.3, 0.4) is 0 Å². The summed E-state index contributed by atoms with van der Waals surface area (Å²) in [7, 11) is 0.